The third-order valence-electron chi connectivity index (χ3n) is 4.12. The molecule has 0 aromatic rings. The molecule has 0 spiro atoms. The van der Waals surface area contributed by atoms with Crippen molar-refractivity contribution in [3.8, 4) is 12.3 Å². The van der Waals surface area contributed by atoms with Crippen LogP contribution in [0.4, 0.5) is 0 Å². The van der Waals surface area contributed by atoms with Gasteiger partial charge in [0.1, 0.15) is 0 Å². The van der Waals surface area contributed by atoms with Crippen molar-refractivity contribution in [1.29, 1.82) is 0 Å². The molecule has 0 aliphatic carbocycles. The normalized spacial score (nSPS) is 8.14. The van der Waals surface area contributed by atoms with E-state index in [0.29, 0.717) is 0 Å². The maximum Gasteiger partial charge on any atom is -0.00297 e. The summed E-state index contributed by atoms with van der Waals surface area (Å²) in [6, 6.07) is 0. The van der Waals surface area contributed by atoms with Crippen molar-refractivity contribution in [2.45, 2.75) is 179 Å². The van der Waals surface area contributed by atoms with Crippen molar-refractivity contribution in [3.05, 3.63) is 0 Å². The predicted molar refractivity (Wildman–Crippen MR) is 145 cm³/mol. The molecule has 0 saturated carbocycles. The average Bonchev–Trinajstić information content (AvgIpc) is 2.72. The lowest BCUT2D eigenvalue weighted by Crippen LogP contribution is -1.77. The Morgan fingerprint density at radius 2 is 0.517 bits per heavy atom. The molecule has 0 aliphatic rings. The first-order chi connectivity index (χ1) is 13.7. The van der Waals surface area contributed by atoms with E-state index in [9.17, 15) is 0 Å². The van der Waals surface area contributed by atoms with Gasteiger partial charge in [0, 0.05) is 0 Å². The summed E-state index contributed by atoms with van der Waals surface area (Å²) in [7, 11) is 0. The third-order valence-corrected chi connectivity index (χ3v) is 4.12. The highest BCUT2D eigenvalue weighted by molar-refractivity contribution is 4.73. The van der Waals surface area contributed by atoms with Gasteiger partial charge in [-0.2, -0.15) is 0 Å². The molecule has 0 nitrogen and oxygen atoms in total. The van der Waals surface area contributed by atoms with E-state index < -0.39 is 0 Å². The van der Waals surface area contributed by atoms with Gasteiger partial charge < -0.3 is 0 Å². The summed E-state index contributed by atoms with van der Waals surface area (Å²) >= 11 is 0. The maximum atomic E-state index is 4.60. The Balaban J connectivity index is -0.0000000620. The zero-order chi connectivity index (χ0) is 22.7. The lowest BCUT2D eigenvalue weighted by Gasteiger charge is -1.97. The smallest absolute Gasteiger partial charge is 0.00297 e. The van der Waals surface area contributed by atoms with Crippen LogP contribution in [0, 0.1) is 12.3 Å². The quantitative estimate of drug-likeness (QED) is 0.196. The molecule has 182 valence electrons. The van der Waals surface area contributed by atoms with Gasteiger partial charge in [0.15, 0.2) is 0 Å². The van der Waals surface area contributed by atoms with Gasteiger partial charge in [-0.05, 0) is 6.92 Å². The fraction of sp³-hybridized carbons (Fsp3) is 0.931. The van der Waals surface area contributed by atoms with Gasteiger partial charge in [0.2, 0.25) is 0 Å². The molecule has 0 unspecified atom stereocenters. The van der Waals surface area contributed by atoms with Gasteiger partial charge in [0.05, 0.1) is 0 Å². The molecule has 0 atom stereocenters. The molecule has 0 aliphatic heterocycles. The second-order valence-corrected chi connectivity index (χ2v) is 7.18. The molecule has 0 saturated heterocycles. The molecule has 0 bridgehead atoms. The highest BCUT2D eigenvalue weighted by atomic mass is 13.9. The second-order valence-electron chi connectivity index (χ2n) is 7.18. The summed E-state index contributed by atoms with van der Waals surface area (Å²) < 4.78 is 0. The molecule has 0 rings (SSSR count). The molecular weight excluding hydrogens is 348 g/mol. The summed E-state index contributed by atoms with van der Waals surface area (Å²) in [6.45, 7) is 19.1. The number of unbranched alkanes of at least 4 members (excludes halogenated alkanes) is 14. The van der Waals surface area contributed by atoms with Gasteiger partial charge in [-0.25, -0.2) is 0 Å². The van der Waals surface area contributed by atoms with Gasteiger partial charge in [-0.15, -0.1) is 12.3 Å². The third kappa shape index (κ3) is 97.9. The summed E-state index contributed by atoms with van der Waals surface area (Å²) in [5.41, 5.74) is 0. The Morgan fingerprint density at radius 1 is 0.414 bits per heavy atom. The van der Waals surface area contributed by atoms with Crippen LogP contribution in [-0.4, -0.2) is 0 Å². The van der Waals surface area contributed by atoms with E-state index in [0.717, 1.165) is 0 Å². The molecule has 0 fully saturated rings. The summed E-state index contributed by atoms with van der Waals surface area (Å²) in [5, 5.41) is 0. The lowest BCUT2D eigenvalue weighted by atomic mass is 10.1. The fourth-order valence-electron chi connectivity index (χ4n) is 2.38. The van der Waals surface area contributed by atoms with Crippen LogP contribution in [0.5, 0.6) is 0 Å². The molecule has 0 heterocycles. The van der Waals surface area contributed by atoms with Gasteiger partial charge in [-0.3, -0.25) is 0 Å². The Kier molecular flexibility index (Phi) is 92.7. The van der Waals surface area contributed by atoms with Crippen LogP contribution in [0.1, 0.15) is 179 Å². The van der Waals surface area contributed by atoms with Crippen molar-refractivity contribution in [2.24, 2.45) is 0 Å². The number of terminal acetylenes is 1. The van der Waals surface area contributed by atoms with E-state index in [-0.39, 0.29) is 7.43 Å². The van der Waals surface area contributed by atoms with Crippen molar-refractivity contribution in [3.63, 3.8) is 0 Å². The number of hydrogen-bond donors (Lipinski definition) is 0. The molecular formula is C29H66. The van der Waals surface area contributed by atoms with Gasteiger partial charge in [-0.1, -0.05) is 172 Å². The van der Waals surface area contributed by atoms with Crippen LogP contribution in [0.3, 0.4) is 0 Å². The van der Waals surface area contributed by atoms with E-state index >= 15 is 0 Å². The largest absolute Gasteiger partial charge is 0.120 e. The van der Waals surface area contributed by atoms with E-state index in [2.05, 4.69) is 53.9 Å². The van der Waals surface area contributed by atoms with Crippen LogP contribution < -0.4 is 0 Å². The molecule has 0 N–H and O–H groups in total. The van der Waals surface area contributed by atoms with E-state index in [1.165, 1.54) is 109 Å². The minimum absolute atomic E-state index is 0. The Morgan fingerprint density at radius 3 is 0.690 bits per heavy atom. The average molecular weight is 415 g/mol. The Labute approximate surface area is 191 Å². The van der Waals surface area contributed by atoms with Crippen molar-refractivity contribution in [1.82, 2.24) is 0 Å². The van der Waals surface area contributed by atoms with Crippen LogP contribution in [0.2, 0.25) is 0 Å². The zero-order valence-electron chi connectivity index (χ0n) is 22.1. The predicted octanol–water partition coefficient (Wildman–Crippen LogP) is 12.0. The summed E-state index contributed by atoms with van der Waals surface area (Å²) in [5.74, 6) is 2.25. The number of rotatable bonds is 14. The summed E-state index contributed by atoms with van der Waals surface area (Å²) in [4.78, 5) is 0. The lowest BCUT2D eigenvalue weighted by molar-refractivity contribution is 0.585. The summed E-state index contributed by atoms with van der Waals surface area (Å²) in [6.07, 6.45) is 28.6. The standard InChI is InChI=1S/C10H22.C7H16.C6H14.C3H4.C2H6.CH4/c1-3-5-7-9-10-8-6-4-2;1-3-5-7-6-4-2;1-3-5-6-4-2;1-3-2;1-2;/h3-10H2,1-2H3;3-7H2,1-2H3;3-6H2,1-2H3;1H,2H3;1-2H3;1H4. The highest BCUT2D eigenvalue weighted by Gasteiger charge is 1.87. The monoisotopic (exact) mass is 415 g/mol. The van der Waals surface area contributed by atoms with Crippen molar-refractivity contribution in [2.75, 3.05) is 0 Å². The molecule has 0 radical (unpaired) electrons. The van der Waals surface area contributed by atoms with E-state index in [1.807, 2.05) is 13.8 Å². The first-order valence-electron chi connectivity index (χ1n) is 13.0. The zero-order valence-corrected chi connectivity index (χ0v) is 22.1. The van der Waals surface area contributed by atoms with Gasteiger partial charge in [0.25, 0.3) is 0 Å². The molecule has 0 heteroatoms. The van der Waals surface area contributed by atoms with Crippen LogP contribution in [0.25, 0.3) is 0 Å². The van der Waals surface area contributed by atoms with Crippen LogP contribution in [0.15, 0.2) is 0 Å². The molecule has 0 aromatic carbocycles. The Hall–Kier alpha value is -0.440. The number of hydrogen-bond acceptors (Lipinski definition) is 0. The molecule has 0 aromatic heterocycles. The van der Waals surface area contributed by atoms with E-state index in [4.69, 9.17) is 0 Å². The minimum Gasteiger partial charge on any atom is -0.120 e. The highest BCUT2D eigenvalue weighted by Crippen LogP contribution is 2.07. The molecule has 0 amide bonds. The Bertz CT molecular complexity index is 183. The van der Waals surface area contributed by atoms with E-state index in [1.54, 1.807) is 6.92 Å². The van der Waals surface area contributed by atoms with Crippen molar-refractivity contribution >= 4 is 0 Å². The van der Waals surface area contributed by atoms with Gasteiger partial charge >= 0.3 is 0 Å². The fourth-order valence-corrected chi connectivity index (χ4v) is 2.38. The maximum absolute atomic E-state index is 4.60. The van der Waals surface area contributed by atoms with Crippen LogP contribution in [-0.2, 0) is 0 Å². The topological polar surface area (TPSA) is 0 Å². The first kappa shape index (κ1) is 42.6. The second kappa shape index (κ2) is 63.1. The first-order valence-corrected chi connectivity index (χ1v) is 13.0. The minimum atomic E-state index is 0. The van der Waals surface area contributed by atoms with Crippen LogP contribution >= 0.6 is 0 Å². The SMILES string of the molecule is C.C#CC.CC.CCCCCC.CCCCCCC.CCCCCCCCCC. The molecule has 29 heavy (non-hydrogen) atoms. The van der Waals surface area contributed by atoms with Crippen molar-refractivity contribution < 1.29 is 0 Å².